The van der Waals surface area contributed by atoms with Gasteiger partial charge in [-0.25, -0.2) is 4.79 Å². The highest BCUT2D eigenvalue weighted by molar-refractivity contribution is 5.68. The predicted molar refractivity (Wildman–Crippen MR) is 39.2 cm³/mol. The molecule has 3 N–H and O–H groups in total. The summed E-state index contributed by atoms with van der Waals surface area (Å²) in [7, 11) is 0. The van der Waals surface area contributed by atoms with Crippen LogP contribution in [0.15, 0.2) is 0 Å². The Labute approximate surface area is 65.3 Å². The van der Waals surface area contributed by atoms with Crippen LogP contribution in [0, 0.1) is 5.92 Å². The van der Waals surface area contributed by atoms with Gasteiger partial charge in [-0.1, -0.05) is 0 Å². The molecule has 1 aliphatic rings. The molecule has 11 heavy (non-hydrogen) atoms. The maximum absolute atomic E-state index is 10.1. The van der Waals surface area contributed by atoms with Crippen molar-refractivity contribution in [2.75, 3.05) is 13.2 Å². The van der Waals surface area contributed by atoms with Crippen molar-refractivity contribution in [2.24, 2.45) is 11.7 Å². The second-order valence-electron chi connectivity index (χ2n) is 2.82. The lowest BCUT2D eigenvalue weighted by Crippen LogP contribution is -2.39. The lowest BCUT2D eigenvalue weighted by molar-refractivity contribution is -0.148. The van der Waals surface area contributed by atoms with Crippen LogP contribution < -0.4 is 5.73 Å². The molecule has 0 heterocycles. The van der Waals surface area contributed by atoms with Gasteiger partial charge in [0.2, 0.25) is 0 Å². The minimum absolute atomic E-state index is 0.0936. The molecule has 1 saturated carbocycles. The van der Waals surface area contributed by atoms with Crippen LogP contribution in [-0.2, 0) is 9.53 Å². The van der Waals surface area contributed by atoms with Gasteiger partial charge in [0.15, 0.2) is 0 Å². The zero-order valence-electron chi connectivity index (χ0n) is 6.32. The van der Waals surface area contributed by atoms with Crippen molar-refractivity contribution < 1.29 is 14.6 Å². The molecule has 0 saturated heterocycles. The Balaban J connectivity index is 2.12. The van der Waals surface area contributed by atoms with Crippen LogP contribution in [0.4, 0.5) is 0 Å². The van der Waals surface area contributed by atoms with E-state index in [-0.39, 0.29) is 12.7 Å². The summed E-state index contributed by atoms with van der Waals surface area (Å²) in [5, 5.41) is 8.28. The summed E-state index contributed by atoms with van der Waals surface area (Å²) in [6.45, 7) is 0.408. The molecule has 0 aromatic carbocycles. The van der Waals surface area contributed by atoms with Crippen molar-refractivity contribution in [3.63, 3.8) is 0 Å². The van der Waals surface area contributed by atoms with Gasteiger partial charge in [-0.15, -0.1) is 0 Å². The van der Waals surface area contributed by atoms with Crippen molar-refractivity contribution in [3.05, 3.63) is 0 Å². The molecule has 0 unspecified atom stereocenters. The summed E-state index contributed by atoms with van der Waals surface area (Å²) >= 11 is 0. The Morgan fingerprint density at radius 3 is 2.73 bits per heavy atom. The topological polar surface area (TPSA) is 72.5 Å². The Hall–Kier alpha value is -0.610. The fourth-order valence-corrected chi connectivity index (χ4v) is 1.21. The third-order valence-corrected chi connectivity index (χ3v) is 2.07. The molecule has 4 heteroatoms. The fourth-order valence-electron chi connectivity index (χ4n) is 1.21. The molecular weight excluding hydrogens is 146 g/mol. The summed E-state index contributed by atoms with van der Waals surface area (Å²) in [5.41, 5.74) is 5.40. The first kappa shape index (κ1) is 8.49. The van der Waals surface area contributed by atoms with Crippen molar-refractivity contribution >= 4 is 5.97 Å². The minimum atomic E-state index is -0.910. The first-order valence-electron chi connectivity index (χ1n) is 3.77. The third-order valence-electron chi connectivity index (χ3n) is 2.07. The standard InChI is InChI=1S/C7H13NO3/c8-3-5-1-2-6(5)11-4-7(9)10/h5-6H,1-4,8H2,(H,9,10)/t5-,6+/m1/s1. The van der Waals surface area contributed by atoms with Crippen LogP contribution in [0.5, 0.6) is 0 Å². The Morgan fingerprint density at radius 1 is 1.64 bits per heavy atom. The van der Waals surface area contributed by atoms with Crippen molar-refractivity contribution in [1.29, 1.82) is 0 Å². The molecule has 0 spiro atoms. The van der Waals surface area contributed by atoms with Gasteiger partial charge in [0.1, 0.15) is 6.61 Å². The van der Waals surface area contributed by atoms with Gasteiger partial charge in [0.25, 0.3) is 0 Å². The Morgan fingerprint density at radius 2 is 2.36 bits per heavy atom. The summed E-state index contributed by atoms with van der Waals surface area (Å²) in [6.07, 6.45) is 2.12. The van der Waals surface area contributed by atoms with E-state index in [4.69, 9.17) is 15.6 Å². The highest BCUT2D eigenvalue weighted by Crippen LogP contribution is 2.28. The fraction of sp³-hybridized carbons (Fsp3) is 0.857. The predicted octanol–water partition coefficient (Wildman–Crippen LogP) is -0.175. The highest BCUT2D eigenvalue weighted by Gasteiger charge is 2.30. The van der Waals surface area contributed by atoms with Gasteiger partial charge in [-0.2, -0.15) is 0 Å². The number of aliphatic carboxylic acids is 1. The van der Waals surface area contributed by atoms with Crippen LogP contribution in [0.1, 0.15) is 12.8 Å². The van der Waals surface area contributed by atoms with E-state index in [9.17, 15) is 4.79 Å². The summed E-state index contributed by atoms with van der Waals surface area (Å²) in [6, 6.07) is 0. The summed E-state index contributed by atoms with van der Waals surface area (Å²) in [5.74, 6) is -0.526. The molecular formula is C7H13NO3. The number of carboxylic acid groups (broad SMARTS) is 1. The van der Waals surface area contributed by atoms with Gasteiger partial charge in [-0.3, -0.25) is 0 Å². The van der Waals surface area contributed by atoms with Gasteiger partial charge in [-0.05, 0) is 25.3 Å². The molecule has 2 atom stereocenters. The molecule has 0 amide bonds. The average molecular weight is 159 g/mol. The van der Waals surface area contributed by atoms with Crippen LogP contribution >= 0.6 is 0 Å². The lowest BCUT2D eigenvalue weighted by Gasteiger charge is -2.34. The van der Waals surface area contributed by atoms with E-state index in [1.807, 2.05) is 0 Å². The maximum Gasteiger partial charge on any atom is 0.329 e. The molecule has 4 nitrogen and oxygen atoms in total. The number of carbonyl (C=O) groups is 1. The first-order valence-corrected chi connectivity index (χ1v) is 3.77. The maximum atomic E-state index is 10.1. The van der Waals surface area contributed by atoms with Gasteiger partial charge in [0.05, 0.1) is 6.10 Å². The van der Waals surface area contributed by atoms with E-state index < -0.39 is 5.97 Å². The molecule has 0 bridgehead atoms. The smallest absolute Gasteiger partial charge is 0.329 e. The van der Waals surface area contributed by atoms with E-state index >= 15 is 0 Å². The van der Waals surface area contributed by atoms with E-state index in [1.165, 1.54) is 0 Å². The normalized spacial score (nSPS) is 29.5. The van der Waals surface area contributed by atoms with E-state index in [0.717, 1.165) is 12.8 Å². The Kier molecular flexibility index (Phi) is 2.84. The number of nitrogens with two attached hydrogens (primary N) is 1. The molecule has 1 aliphatic carbocycles. The molecule has 0 radical (unpaired) electrons. The zero-order valence-corrected chi connectivity index (χ0v) is 6.32. The number of rotatable bonds is 4. The van der Waals surface area contributed by atoms with E-state index in [2.05, 4.69) is 0 Å². The minimum Gasteiger partial charge on any atom is -0.480 e. The Bertz CT molecular complexity index is 147. The number of hydrogen-bond donors (Lipinski definition) is 2. The molecule has 1 fully saturated rings. The van der Waals surface area contributed by atoms with E-state index in [1.54, 1.807) is 0 Å². The third kappa shape index (κ3) is 2.17. The van der Waals surface area contributed by atoms with Gasteiger partial charge >= 0.3 is 5.97 Å². The van der Waals surface area contributed by atoms with Gasteiger partial charge in [0, 0.05) is 0 Å². The van der Waals surface area contributed by atoms with E-state index in [0.29, 0.717) is 12.5 Å². The van der Waals surface area contributed by atoms with Crippen LogP contribution in [-0.4, -0.2) is 30.3 Å². The summed E-state index contributed by atoms with van der Waals surface area (Å²) < 4.78 is 5.06. The van der Waals surface area contributed by atoms with Crippen LogP contribution in [0.3, 0.4) is 0 Å². The average Bonchev–Trinajstić information content (AvgIpc) is 1.86. The molecule has 1 rings (SSSR count). The lowest BCUT2D eigenvalue weighted by atomic mass is 9.82. The quantitative estimate of drug-likeness (QED) is 0.597. The monoisotopic (exact) mass is 159 g/mol. The van der Waals surface area contributed by atoms with Crippen LogP contribution in [0.2, 0.25) is 0 Å². The molecule has 0 aromatic heterocycles. The number of carboxylic acids is 1. The molecule has 0 aromatic rings. The van der Waals surface area contributed by atoms with Gasteiger partial charge < -0.3 is 15.6 Å². The molecule has 64 valence electrons. The zero-order chi connectivity index (χ0) is 8.27. The van der Waals surface area contributed by atoms with Crippen molar-refractivity contribution in [3.8, 4) is 0 Å². The highest BCUT2D eigenvalue weighted by atomic mass is 16.5. The number of hydrogen-bond acceptors (Lipinski definition) is 3. The first-order chi connectivity index (χ1) is 5.24. The second-order valence-corrected chi connectivity index (χ2v) is 2.82. The summed E-state index contributed by atoms with van der Waals surface area (Å²) in [4.78, 5) is 10.1. The largest absolute Gasteiger partial charge is 0.480 e. The van der Waals surface area contributed by atoms with Crippen molar-refractivity contribution in [2.45, 2.75) is 18.9 Å². The van der Waals surface area contributed by atoms with Crippen LogP contribution in [0.25, 0.3) is 0 Å². The molecule has 0 aliphatic heterocycles. The number of ether oxygens (including phenoxy) is 1. The van der Waals surface area contributed by atoms with Crippen molar-refractivity contribution in [1.82, 2.24) is 0 Å². The SMILES string of the molecule is NC[C@H]1CC[C@@H]1OCC(=O)O. The second kappa shape index (κ2) is 3.69.